The fraction of sp³-hybridized carbons (Fsp3) is 0.571. The summed E-state index contributed by atoms with van der Waals surface area (Å²) in [6.07, 6.45) is 5.52. The Morgan fingerprint density at radius 2 is 1.54 bits per heavy atom. The van der Waals surface area contributed by atoms with E-state index in [1.807, 2.05) is 19.1 Å². The number of nitrogens with zero attached hydrogens (tertiary/aromatic N) is 1. The molecule has 380 valence electrons. The number of aliphatic hydroxyl groups is 1. The smallest absolute Gasteiger partial charge is 0.403 e. The van der Waals surface area contributed by atoms with Crippen molar-refractivity contribution in [1.29, 1.82) is 0 Å². The second-order valence-electron chi connectivity index (χ2n) is 19.7. The molecule has 0 spiro atoms. The van der Waals surface area contributed by atoms with Gasteiger partial charge in [-0.2, -0.15) is 0 Å². The number of aromatic amines is 1. The number of nitrogens with two attached hydrogens (primary N) is 3. The molecule has 0 radical (unpaired) electrons. The lowest BCUT2D eigenvalue weighted by atomic mass is 9.43. The fourth-order valence-corrected chi connectivity index (χ4v) is 9.92. The van der Waals surface area contributed by atoms with Crippen molar-refractivity contribution >= 4 is 42.6 Å². The molecule has 2 heterocycles. The Balaban J connectivity index is 0.992. The van der Waals surface area contributed by atoms with Gasteiger partial charge < -0.3 is 68.5 Å². The zero-order valence-electron chi connectivity index (χ0n) is 40.9. The van der Waals surface area contributed by atoms with Crippen LogP contribution in [0.2, 0.25) is 0 Å². The molecule has 4 fully saturated rings. The number of aliphatic hydroxyl groups excluding tert-OH is 1. The van der Waals surface area contributed by atoms with E-state index in [-0.39, 0.29) is 49.2 Å². The lowest BCUT2D eigenvalue weighted by Gasteiger charge is -2.64. The third-order valence-electron chi connectivity index (χ3n) is 14.3. The quantitative estimate of drug-likeness (QED) is 0.0319. The van der Waals surface area contributed by atoms with Gasteiger partial charge in [0.2, 0.25) is 23.6 Å². The molecule has 70 heavy (non-hydrogen) atoms. The third kappa shape index (κ3) is 13.2. The molecule has 2 unspecified atom stereocenters. The number of benzene rings is 2. The van der Waals surface area contributed by atoms with Crippen LogP contribution in [0.1, 0.15) is 108 Å². The molecule has 1 aromatic heterocycles. The van der Waals surface area contributed by atoms with Crippen molar-refractivity contribution in [1.82, 2.24) is 41.9 Å². The second kappa shape index (κ2) is 23.9. The van der Waals surface area contributed by atoms with Crippen molar-refractivity contribution in [2.45, 2.75) is 147 Å². The highest BCUT2D eigenvalue weighted by Gasteiger charge is 2.68. The third-order valence-corrected chi connectivity index (χ3v) is 14.3. The van der Waals surface area contributed by atoms with Gasteiger partial charge in [0.1, 0.15) is 24.2 Å². The first-order chi connectivity index (χ1) is 33.3. The maximum absolute atomic E-state index is 13.8. The number of imidazole rings is 1. The van der Waals surface area contributed by atoms with E-state index in [1.54, 1.807) is 12.1 Å². The van der Waals surface area contributed by atoms with Crippen LogP contribution >= 0.6 is 0 Å². The molecule has 3 aromatic rings. The SMILES string of the molecule is CCCCc1ccc(-c2ccc(C(=O)NCCC(=O)N[C@@H](CCCCN)C(=O)N[C@H](C(=O)N[C@@H](N)C(=O)N[C@@H](Cc3cnc[nH]3)C(=O)N[C@@H](N)B3OC4C[C@@H]5C[C@@H](C5(C)C)[C@]4(C)O3)C(C)O)cc2)cc1. The van der Waals surface area contributed by atoms with E-state index in [9.17, 15) is 33.9 Å². The number of carbonyl (C=O) groups excluding carboxylic acids is 6. The molecule has 6 amide bonds. The van der Waals surface area contributed by atoms with Crippen LogP contribution in [-0.4, -0.2) is 119 Å². The van der Waals surface area contributed by atoms with Gasteiger partial charge in [-0.25, -0.2) is 4.98 Å². The van der Waals surface area contributed by atoms with Gasteiger partial charge in [-0.3, -0.25) is 28.8 Å². The fourth-order valence-electron chi connectivity index (χ4n) is 9.92. The van der Waals surface area contributed by atoms with Crippen molar-refractivity contribution in [2.75, 3.05) is 13.1 Å². The molecular formula is C49H72BN11O9. The Bertz CT molecular complexity index is 2270. The van der Waals surface area contributed by atoms with E-state index < -0.39 is 78.7 Å². The summed E-state index contributed by atoms with van der Waals surface area (Å²) in [6.45, 7) is 10.2. The molecule has 7 rings (SSSR count). The van der Waals surface area contributed by atoms with Crippen molar-refractivity contribution in [2.24, 2.45) is 34.5 Å². The molecule has 3 aliphatic carbocycles. The summed E-state index contributed by atoms with van der Waals surface area (Å²) < 4.78 is 12.6. The summed E-state index contributed by atoms with van der Waals surface area (Å²) in [7, 11) is -0.938. The molecule has 20 nitrogen and oxygen atoms in total. The molecule has 2 bridgehead atoms. The normalized spacial score (nSPS) is 22.4. The number of rotatable bonds is 25. The highest BCUT2D eigenvalue weighted by atomic mass is 16.7. The summed E-state index contributed by atoms with van der Waals surface area (Å²) in [5.41, 5.74) is 22.0. The monoisotopic (exact) mass is 970 g/mol. The summed E-state index contributed by atoms with van der Waals surface area (Å²) in [5.74, 6) is -3.61. The molecule has 1 aliphatic heterocycles. The number of amides is 6. The molecule has 3 saturated carbocycles. The van der Waals surface area contributed by atoms with Crippen LogP contribution in [0, 0.1) is 17.3 Å². The lowest BCUT2D eigenvalue weighted by molar-refractivity contribution is -0.199. The zero-order chi connectivity index (χ0) is 50.8. The Morgan fingerprint density at radius 3 is 2.17 bits per heavy atom. The van der Waals surface area contributed by atoms with Crippen LogP contribution in [0.25, 0.3) is 11.1 Å². The first-order valence-electron chi connectivity index (χ1n) is 24.5. The van der Waals surface area contributed by atoms with E-state index in [2.05, 4.69) is 86.9 Å². The van der Waals surface area contributed by atoms with Crippen molar-refractivity contribution in [3.63, 3.8) is 0 Å². The molecule has 4 aliphatic rings. The van der Waals surface area contributed by atoms with Crippen LogP contribution in [0.4, 0.5) is 0 Å². The first-order valence-corrected chi connectivity index (χ1v) is 24.5. The number of unbranched alkanes of at least 4 members (excludes halogenated alkanes) is 2. The van der Waals surface area contributed by atoms with E-state index in [1.165, 1.54) is 25.0 Å². The number of aryl methyl sites for hydroxylation is 1. The second-order valence-corrected chi connectivity index (χ2v) is 19.7. The summed E-state index contributed by atoms with van der Waals surface area (Å²) >= 11 is 0. The zero-order valence-corrected chi connectivity index (χ0v) is 40.9. The maximum Gasteiger partial charge on any atom is 0.497 e. The Hall–Kier alpha value is -5.71. The Morgan fingerprint density at radius 1 is 0.857 bits per heavy atom. The highest BCUT2D eigenvalue weighted by molar-refractivity contribution is 6.47. The first kappa shape index (κ1) is 53.6. The van der Waals surface area contributed by atoms with Crippen molar-refractivity contribution < 1.29 is 43.2 Å². The number of H-pyrrole nitrogens is 1. The molecule has 1 saturated heterocycles. The van der Waals surface area contributed by atoms with Gasteiger partial charge in [-0.05, 0) is 111 Å². The average molecular weight is 970 g/mol. The van der Waals surface area contributed by atoms with Crippen LogP contribution in [-0.2, 0) is 46.1 Å². The average Bonchev–Trinajstić information content (AvgIpc) is 3.99. The number of carbonyl (C=O) groups is 6. The number of aromatic nitrogens is 2. The molecular weight excluding hydrogens is 897 g/mol. The molecule has 2 aromatic carbocycles. The number of nitrogens with one attached hydrogen (secondary N) is 7. The maximum atomic E-state index is 13.8. The highest BCUT2D eigenvalue weighted by Crippen LogP contribution is 2.65. The van der Waals surface area contributed by atoms with Gasteiger partial charge in [0.15, 0.2) is 6.17 Å². The van der Waals surface area contributed by atoms with E-state index in [0.29, 0.717) is 36.6 Å². The lowest BCUT2D eigenvalue weighted by Crippen LogP contribution is -2.65. The van der Waals surface area contributed by atoms with Crippen molar-refractivity contribution in [3.8, 4) is 11.1 Å². The van der Waals surface area contributed by atoms with Gasteiger partial charge >= 0.3 is 7.12 Å². The standard InChI is InChI=1S/C49H72BN11O9/c1-6-7-10-29-12-14-30(15-13-29)31-16-18-32(19-17-31)42(64)55-22-20-39(63)57-35(11-8-9-21-51)43(65)59-40(28(2)62)45(67)60-41(52)46(68)58-36(25-34-26-54-27-56-34)44(66)61-47(53)50-69-38-24-33-23-37(48(33,3)4)49(38,5)70-50/h12-19,26-28,33,35-38,40-41,47,62H,6-11,20-25,51-53H2,1-5H3,(H,54,56)(H,55,64)(H,57,63)(H,58,68)(H,59,65)(H,60,67)(H,61,66)/t28?,33-,35-,36-,37-,38?,40-,41+,47+,49-/m0/s1. The number of hydrogen-bond acceptors (Lipinski definition) is 13. The van der Waals surface area contributed by atoms with Gasteiger partial charge in [-0.1, -0.05) is 63.6 Å². The van der Waals surface area contributed by atoms with Gasteiger partial charge in [-0.15, -0.1) is 0 Å². The van der Waals surface area contributed by atoms with Crippen LogP contribution in [0.5, 0.6) is 0 Å². The van der Waals surface area contributed by atoms with Crippen LogP contribution in [0.3, 0.4) is 0 Å². The molecule has 21 heteroatoms. The number of hydrogen-bond donors (Lipinski definition) is 11. The van der Waals surface area contributed by atoms with Crippen LogP contribution in [0.15, 0.2) is 61.1 Å². The predicted molar refractivity (Wildman–Crippen MR) is 262 cm³/mol. The van der Waals surface area contributed by atoms with Crippen molar-refractivity contribution in [3.05, 3.63) is 77.9 Å². The van der Waals surface area contributed by atoms with Gasteiger partial charge in [0.25, 0.3) is 11.8 Å². The van der Waals surface area contributed by atoms with E-state index in [0.717, 1.165) is 43.2 Å². The van der Waals surface area contributed by atoms with E-state index in [4.69, 9.17) is 26.5 Å². The summed E-state index contributed by atoms with van der Waals surface area (Å²) in [5, 5.41) is 26.1. The minimum Gasteiger partial charge on any atom is -0.403 e. The minimum absolute atomic E-state index is 0.0265. The summed E-state index contributed by atoms with van der Waals surface area (Å²) in [6, 6.07) is 10.4. The largest absolute Gasteiger partial charge is 0.497 e. The minimum atomic E-state index is -1.75. The Kier molecular flexibility index (Phi) is 18.3. The topological polar surface area (TPSA) is 320 Å². The van der Waals surface area contributed by atoms with Gasteiger partial charge in [0, 0.05) is 36.8 Å². The predicted octanol–water partition coefficient (Wildman–Crippen LogP) is 0.816. The summed E-state index contributed by atoms with van der Waals surface area (Å²) in [4.78, 5) is 87.4. The molecule has 10 atom stereocenters. The van der Waals surface area contributed by atoms with Gasteiger partial charge in [0.05, 0.1) is 24.1 Å². The molecule has 14 N–H and O–H groups in total. The Labute approximate surface area is 410 Å². The van der Waals surface area contributed by atoms with E-state index >= 15 is 0 Å². The van der Waals surface area contributed by atoms with Crippen LogP contribution < -0.4 is 49.1 Å².